The minimum atomic E-state index is -0.912. The lowest BCUT2D eigenvalue weighted by molar-refractivity contribution is -0.143. The number of carbonyl (C=O) groups excluding carboxylic acids is 2. The summed E-state index contributed by atoms with van der Waals surface area (Å²) in [5.74, 6) is -0.730. The maximum Gasteiger partial charge on any atom is 0.342 e. The van der Waals surface area contributed by atoms with E-state index in [-0.39, 0.29) is 29.1 Å². The number of hydrogen-bond acceptors (Lipinski definition) is 5. The van der Waals surface area contributed by atoms with Gasteiger partial charge in [0.25, 0.3) is 5.91 Å². The molecule has 6 heteroatoms. The van der Waals surface area contributed by atoms with E-state index in [2.05, 4.69) is 0 Å². The molecule has 1 saturated heterocycles. The SMILES string of the molecule is CC(C)c1cc(C(=O)O[C@@H](C)C(=O)N2CCOCC2)c(O)c(C(C)C)c1. The first kappa shape index (κ1) is 20.2. The topological polar surface area (TPSA) is 76.1 Å². The third-order valence-corrected chi connectivity index (χ3v) is 4.62. The predicted octanol–water partition coefficient (Wildman–Crippen LogP) is 3.04. The molecule has 0 saturated carbocycles. The summed E-state index contributed by atoms with van der Waals surface area (Å²) in [7, 11) is 0. The highest BCUT2D eigenvalue weighted by Gasteiger charge is 2.27. The van der Waals surface area contributed by atoms with Crippen LogP contribution in [0.25, 0.3) is 0 Å². The van der Waals surface area contributed by atoms with Crippen LogP contribution in [0.5, 0.6) is 5.75 Å². The molecule has 1 aromatic rings. The molecule has 26 heavy (non-hydrogen) atoms. The van der Waals surface area contributed by atoms with Crippen molar-refractivity contribution >= 4 is 11.9 Å². The molecule has 2 rings (SSSR count). The number of aromatic hydroxyl groups is 1. The molecule has 1 heterocycles. The summed E-state index contributed by atoms with van der Waals surface area (Å²) in [6.45, 7) is 11.5. The summed E-state index contributed by atoms with van der Waals surface area (Å²) in [6, 6.07) is 3.57. The summed E-state index contributed by atoms with van der Waals surface area (Å²) in [6.07, 6.45) is -0.912. The van der Waals surface area contributed by atoms with Crippen molar-refractivity contribution in [2.75, 3.05) is 26.3 Å². The maximum atomic E-state index is 12.6. The van der Waals surface area contributed by atoms with Crippen molar-refractivity contribution in [3.63, 3.8) is 0 Å². The van der Waals surface area contributed by atoms with Crippen LogP contribution >= 0.6 is 0 Å². The van der Waals surface area contributed by atoms with Crippen molar-refractivity contribution in [3.05, 3.63) is 28.8 Å². The first-order chi connectivity index (χ1) is 12.2. The molecule has 1 atom stereocenters. The number of esters is 1. The summed E-state index contributed by atoms with van der Waals surface area (Å²) < 4.78 is 10.6. The van der Waals surface area contributed by atoms with E-state index in [0.717, 1.165) is 5.56 Å². The van der Waals surface area contributed by atoms with Gasteiger partial charge in [-0.2, -0.15) is 0 Å². The molecule has 0 aromatic heterocycles. The largest absolute Gasteiger partial charge is 0.507 e. The van der Waals surface area contributed by atoms with Crippen molar-refractivity contribution in [2.24, 2.45) is 0 Å². The summed E-state index contributed by atoms with van der Waals surface area (Å²) >= 11 is 0. The Morgan fingerprint density at radius 2 is 1.69 bits per heavy atom. The standard InChI is InChI=1S/C20H29NO5/c1-12(2)15-10-16(13(3)4)18(22)17(11-15)20(24)26-14(5)19(23)21-6-8-25-9-7-21/h10-14,22H,6-9H2,1-5H3/t14-/m0/s1. The second-order valence-corrected chi connectivity index (χ2v) is 7.30. The lowest BCUT2D eigenvalue weighted by atomic mass is 9.92. The lowest BCUT2D eigenvalue weighted by Gasteiger charge is -2.29. The summed E-state index contributed by atoms with van der Waals surface area (Å²) in [4.78, 5) is 26.7. The Morgan fingerprint density at radius 1 is 1.08 bits per heavy atom. The average molecular weight is 363 g/mol. The third-order valence-electron chi connectivity index (χ3n) is 4.62. The van der Waals surface area contributed by atoms with Crippen LogP contribution in [0.3, 0.4) is 0 Å². The highest BCUT2D eigenvalue weighted by Crippen LogP contribution is 2.33. The molecular weight excluding hydrogens is 334 g/mol. The molecule has 1 aliphatic rings. The fourth-order valence-electron chi connectivity index (χ4n) is 2.92. The van der Waals surface area contributed by atoms with Crippen LogP contribution in [-0.2, 0) is 14.3 Å². The normalized spacial score (nSPS) is 16.0. The molecule has 144 valence electrons. The predicted molar refractivity (Wildman–Crippen MR) is 98.6 cm³/mol. The second-order valence-electron chi connectivity index (χ2n) is 7.30. The fraction of sp³-hybridized carbons (Fsp3) is 0.600. The van der Waals surface area contributed by atoms with E-state index in [4.69, 9.17) is 9.47 Å². The van der Waals surface area contributed by atoms with Gasteiger partial charge in [0.2, 0.25) is 0 Å². The number of carbonyl (C=O) groups is 2. The molecular formula is C20H29NO5. The van der Waals surface area contributed by atoms with Crippen LogP contribution in [0.2, 0.25) is 0 Å². The van der Waals surface area contributed by atoms with E-state index in [1.165, 1.54) is 0 Å². The van der Waals surface area contributed by atoms with Gasteiger partial charge in [-0.05, 0) is 36.0 Å². The zero-order valence-corrected chi connectivity index (χ0v) is 16.2. The molecule has 1 aromatic carbocycles. The van der Waals surface area contributed by atoms with E-state index in [0.29, 0.717) is 31.9 Å². The van der Waals surface area contributed by atoms with Gasteiger partial charge in [-0.3, -0.25) is 4.79 Å². The monoisotopic (exact) mass is 363 g/mol. The molecule has 1 N–H and O–H groups in total. The number of amides is 1. The lowest BCUT2D eigenvalue weighted by Crippen LogP contribution is -2.46. The van der Waals surface area contributed by atoms with Crippen LogP contribution in [0.15, 0.2) is 12.1 Å². The Hall–Kier alpha value is -2.08. The Bertz CT molecular complexity index is 662. The highest BCUT2D eigenvalue weighted by atomic mass is 16.5. The van der Waals surface area contributed by atoms with Crippen LogP contribution in [0.1, 0.15) is 67.9 Å². The summed E-state index contributed by atoms with van der Waals surface area (Å²) in [5, 5.41) is 10.5. The van der Waals surface area contributed by atoms with Crippen molar-refractivity contribution in [1.29, 1.82) is 0 Å². The molecule has 0 aliphatic carbocycles. The number of rotatable bonds is 5. The molecule has 1 amide bonds. The smallest absolute Gasteiger partial charge is 0.342 e. The third kappa shape index (κ3) is 4.55. The van der Waals surface area contributed by atoms with E-state index in [1.807, 2.05) is 33.8 Å². The van der Waals surface area contributed by atoms with Gasteiger partial charge in [-0.25, -0.2) is 4.79 Å². The minimum absolute atomic E-state index is 0.0626. The van der Waals surface area contributed by atoms with Gasteiger partial charge < -0.3 is 19.5 Å². The minimum Gasteiger partial charge on any atom is -0.507 e. The van der Waals surface area contributed by atoms with Gasteiger partial charge in [-0.1, -0.05) is 33.8 Å². The first-order valence-corrected chi connectivity index (χ1v) is 9.16. The number of benzene rings is 1. The molecule has 6 nitrogen and oxygen atoms in total. The Balaban J connectivity index is 2.21. The molecule has 0 radical (unpaired) electrons. The number of ether oxygens (including phenoxy) is 2. The van der Waals surface area contributed by atoms with Crippen molar-refractivity contribution < 1.29 is 24.2 Å². The molecule has 0 bridgehead atoms. The maximum absolute atomic E-state index is 12.6. The zero-order valence-electron chi connectivity index (χ0n) is 16.2. The number of morpholine rings is 1. The second kappa shape index (κ2) is 8.54. The van der Waals surface area contributed by atoms with Gasteiger partial charge in [0.15, 0.2) is 6.10 Å². The summed E-state index contributed by atoms with van der Waals surface area (Å²) in [5.41, 5.74) is 1.77. The van der Waals surface area contributed by atoms with Crippen molar-refractivity contribution in [3.8, 4) is 5.75 Å². The Labute approximate surface area is 155 Å². The van der Waals surface area contributed by atoms with Crippen LogP contribution in [0.4, 0.5) is 0 Å². The Kier molecular flexibility index (Phi) is 6.64. The molecule has 0 unspecified atom stereocenters. The van der Waals surface area contributed by atoms with Gasteiger partial charge >= 0.3 is 5.97 Å². The van der Waals surface area contributed by atoms with Crippen LogP contribution in [-0.4, -0.2) is 54.3 Å². The molecule has 1 fully saturated rings. The van der Waals surface area contributed by atoms with Gasteiger partial charge in [0.05, 0.1) is 13.2 Å². The quantitative estimate of drug-likeness (QED) is 0.814. The number of phenols is 1. The van der Waals surface area contributed by atoms with Gasteiger partial charge in [-0.15, -0.1) is 0 Å². The van der Waals surface area contributed by atoms with Crippen LogP contribution in [0, 0.1) is 0 Å². The Morgan fingerprint density at radius 3 is 2.23 bits per heavy atom. The van der Waals surface area contributed by atoms with E-state index in [1.54, 1.807) is 17.9 Å². The average Bonchev–Trinajstić information content (AvgIpc) is 2.61. The number of nitrogens with zero attached hydrogens (tertiary/aromatic N) is 1. The van der Waals surface area contributed by atoms with E-state index < -0.39 is 12.1 Å². The van der Waals surface area contributed by atoms with Gasteiger partial charge in [0, 0.05) is 13.1 Å². The highest BCUT2D eigenvalue weighted by molar-refractivity contribution is 5.95. The van der Waals surface area contributed by atoms with Crippen LogP contribution < -0.4 is 0 Å². The first-order valence-electron chi connectivity index (χ1n) is 9.16. The van der Waals surface area contributed by atoms with Crippen molar-refractivity contribution in [2.45, 2.75) is 52.6 Å². The number of phenolic OH excluding ortho intramolecular Hbond substituents is 1. The van der Waals surface area contributed by atoms with E-state index >= 15 is 0 Å². The van der Waals surface area contributed by atoms with Gasteiger partial charge in [0.1, 0.15) is 11.3 Å². The number of hydrogen-bond donors (Lipinski definition) is 1. The van der Waals surface area contributed by atoms with Crippen molar-refractivity contribution in [1.82, 2.24) is 4.90 Å². The molecule has 0 spiro atoms. The fourth-order valence-corrected chi connectivity index (χ4v) is 2.92. The zero-order chi connectivity index (χ0) is 19.4. The molecule has 1 aliphatic heterocycles. The van der Waals surface area contributed by atoms with E-state index in [9.17, 15) is 14.7 Å².